The molecule has 0 radical (unpaired) electrons. The largest absolute Gasteiger partial charge is 0.502 e. The van der Waals surface area contributed by atoms with Crippen LogP contribution in [0.3, 0.4) is 0 Å². The number of amides is 4. The first-order valence-corrected chi connectivity index (χ1v) is 9.99. The van der Waals surface area contributed by atoms with Crippen LogP contribution in [0.15, 0.2) is 78.4 Å². The molecule has 0 aliphatic carbocycles. The molecule has 34 heavy (non-hydrogen) atoms. The first-order chi connectivity index (χ1) is 16.3. The summed E-state index contributed by atoms with van der Waals surface area (Å²) in [4.78, 5) is 48.7. The van der Waals surface area contributed by atoms with Gasteiger partial charge >= 0.3 is 11.7 Å². The highest BCUT2D eigenvalue weighted by atomic mass is 16.6. The van der Waals surface area contributed by atoms with Crippen molar-refractivity contribution in [1.29, 1.82) is 0 Å². The highest BCUT2D eigenvalue weighted by Crippen LogP contribution is 2.29. The van der Waals surface area contributed by atoms with Crippen molar-refractivity contribution in [3.63, 3.8) is 0 Å². The van der Waals surface area contributed by atoms with Crippen LogP contribution in [0.25, 0.3) is 6.08 Å². The molecule has 0 atom stereocenters. The minimum atomic E-state index is -0.940. The molecule has 1 fully saturated rings. The van der Waals surface area contributed by atoms with E-state index in [1.54, 1.807) is 12.1 Å². The number of urea groups is 1. The van der Waals surface area contributed by atoms with E-state index in [9.17, 15) is 29.6 Å². The Morgan fingerprint density at radius 1 is 1.00 bits per heavy atom. The number of carbonyl (C=O) groups is 3. The first kappa shape index (κ1) is 22.2. The molecular formula is C24H17N3O7. The van der Waals surface area contributed by atoms with E-state index in [-0.39, 0.29) is 11.3 Å². The number of hydrogen-bond acceptors (Lipinski definition) is 7. The Labute approximate surface area is 192 Å². The SMILES string of the molecule is O=C1NC(=O)N(c2ccc(OCc3ccccc3)cc2)C(=O)/C1=C/c1ccc(O)c([N+](=O)[O-])c1. The Bertz CT molecular complexity index is 1320. The summed E-state index contributed by atoms with van der Waals surface area (Å²) in [7, 11) is 0. The summed E-state index contributed by atoms with van der Waals surface area (Å²) in [6.07, 6.45) is 1.11. The lowest BCUT2D eigenvalue weighted by Crippen LogP contribution is -2.54. The zero-order chi connectivity index (χ0) is 24.2. The molecule has 3 aromatic carbocycles. The normalized spacial score (nSPS) is 14.8. The summed E-state index contributed by atoms with van der Waals surface area (Å²) in [5.41, 5.74) is 0.313. The molecule has 10 nitrogen and oxygen atoms in total. The standard InChI is InChI=1S/C24H17N3O7/c28-21-11-6-16(13-20(21)27(32)33)12-19-22(29)25-24(31)26(23(19)30)17-7-9-18(10-8-17)34-14-15-4-2-1-3-5-15/h1-13,28H,14H2,(H,25,29,31)/b19-12+. The van der Waals surface area contributed by atoms with Gasteiger partial charge in [0, 0.05) is 6.07 Å². The second-order valence-electron chi connectivity index (χ2n) is 7.23. The maximum absolute atomic E-state index is 13.0. The molecule has 2 N–H and O–H groups in total. The highest BCUT2D eigenvalue weighted by molar-refractivity contribution is 6.39. The number of ether oxygens (including phenoxy) is 1. The first-order valence-electron chi connectivity index (χ1n) is 9.99. The molecule has 4 rings (SSSR count). The molecule has 0 bridgehead atoms. The van der Waals surface area contributed by atoms with Crippen LogP contribution >= 0.6 is 0 Å². The van der Waals surface area contributed by atoms with Crippen LogP contribution in [0.4, 0.5) is 16.2 Å². The third-order valence-electron chi connectivity index (χ3n) is 4.95. The molecular weight excluding hydrogens is 442 g/mol. The summed E-state index contributed by atoms with van der Waals surface area (Å²) in [6.45, 7) is 0.337. The number of phenols is 1. The number of carbonyl (C=O) groups excluding carboxylic acids is 3. The number of hydrogen-bond donors (Lipinski definition) is 2. The molecule has 1 aliphatic rings. The number of nitro groups is 1. The van der Waals surface area contributed by atoms with Crippen molar-refractivity contribution in [2.24, 2.45) is 0 Å². The summed E-state index contributed by atoms with van der Waals surface area (Å²) in [6, 6.07) is 18.1. The molecule has 0 saturated carbocycles. The van der Waals surface area contributed by atoms with Crippen molar-refractivity contribution in [3.05, 3.63) is 99.6 Å². The molecule has 1 aliphatic heterocycles. The lowest BCUT2D eigenvalue weighted by atomic mass is 10.1. The zero-order valence-corrected chi connectivity index (χ0v) is 17.5. The van der Waals surface area contributed by atoms with Crippen molar-refractivity contribution in [1.82, 2.24) is 5.32 Å². The Morgan fingerprint density at radius 3 is 2.38 bits per heavy atom. The van der Waals surface area contributed by atoms with Crippen molar-refractivity contribution < 1.29 is 29.2 Å². The molecule has 170 valence electrons. The smallest absolute Gasteiger partial charge is 0.335 e. The van der Waals surface area contributed by atoms with Gasteiger partial charge < -0.3 is 9.84 Å². The number of nitrogens with zero attached hydrogens (tertiary/aromatic N) is 2. The summed E-state index contributed by atoms with van der Waals surface area (Å²) >= 11 is 0. The van der Waals surface area contributed by atoms with Gasteiger partial charge in [-0.05, 0) is 47.5 Å². The van der Waals surface area contributed by atoms with Gasteiger partial charge in [-0.15, -0.1) is 0 Å². The molecule has 10 heteroatoms. The fraction of sp³-hybridized carbons (Fsp3) is 0.0417. The second-order valence-corrected chi connectivity index (χ2v) is 7.23. The predicted octanol–water partition coefficient (Wildman–Crippen LogP) is 3.55. The number of nitro benzene ring substituents is 1. The van der Waals surface area contributed by atoms with Crippen LogP contribution in [0.5, 0.6) is 11.5 Å². The molecule has 0 unspecified atom stereocenters. The monoisotopic (exact) mass is 459 g/mol. The number of anilines is 1. The molecule has 0 aromatic heterocycles. The second kappa shape index (κ2) is 9.25. The average Bonchev–Trinajstić information content (AvgIpc) is 2.82. The van der Waals surface area contributed by atoms with E-state index in [0.717, 1.165) is 28.7 Å². The van der Waals surface area contributed by atoms with Gasteiger partial charge in [-0.3, -0.25) is 25.0 Å². The molecule has 0 spiro atoms. The number of rotatable bonds is 6. The number of aromatic hydroxyl groups is 1. The Morgan fingerprint density at radius 2 is 1.71 bits per heavy atom. The van der Waals surface area contributed by atoms with Crippen LogP contribution in [-0.4, -0.2) is 27.9 Å². The number of barbiturate groups is 1. The zero-order valence-electron chi connectivity index (χ0n) is 17.5. The van der Waals surface area contributed by atoms with E-state index in [4.69, 9.17) is 4.74 Å². The molecule has 1 saturated heterocycles. The lowest BCUT2D eigenvalue weighted by molar-refractivity contribution is -0.385. The Hall–Kier alpha value is -4.99. The topological polar surface area (TPSA) is 139 Å². The van der Waals surface area contributed by atoms with Crippen LogP contribution in [0.2, 0.25) is 0 Å². The predicted molar refractivity (Wildman–Crippen MR) is 121 cm³/mol. The number of benzene rings is 3. The lowest BCUT2D eigenvalue weighted by Gasteiger charge is -2.26. The van der Waals surface area contributed by atoms with E-state index in [1.165, 1.54) is 18.2 Å². The van der Waals surface area contributed by atoms with Gasteiger partial charge in [-0.1, -0.05) is 36.4 Å². The Kier molecular flexibility index (Phi) is 6.04. The Balaban J connectivity index is 1.57. The highest BCUT2D eigenvalue weighted by Gasteiger charge is 2.37. The van der Waals surface area contributed by atoms with Crippen LogP contribution in [0.1, 0.15) is 11.1 Å². The van der Waals surface area contributed by atoms with Crippen LogP contribution < -0.4 is 15.0 Å². The fourth-order valence-corrected chi connectivity index (χ4v) is 3.27. The van der Waals surface area contributed by atoms with E-state index in [2.05, 4.69) is 5.32 Å². The summed E-state index contributed by atoms with van der Waals surface area (Å²) < 4.78 is 5.70. The maximum atomic E-state index is 13.0. The number of phenolic OH excluding ortho intramolecular Hbond substituents is 1. The molecule has 3 aromatic rings. The van der Waals surface area contributed by atoms with Crippen molar-refractivity contribution >= 4 is 35.3 Å². The van der Waals surface area contributed by atoms with E-state index >= 15 is 0 Å². The summed E-state index contributed by atoms with van der Waals surface area (Å²) in [5.74, 6) is -1.88. The fourth-order valence-electron chi connectivity index (χ4n) is 3.27. The van der Waals surface area contributed by atoms with Crippen LogP contribution in [-0.2, 0) is 16.2 Å². The van der Waals surface area contributed by atoms with Crippen molar-refractivity contribution in [2.45, 2.75) is 6.61 Å². The molecule has 4 amide bonds. The summed E-state index contributed by atoms with van der Waals surface area (Å²) in [5, 5.41) is 22.7. The van der Waals surface area contributed by atoms with Crippen LogP contribution in [0, 0.1) is 10.1 Å². The van der Waals surface area contributed by atoms with Gasteiger partial charge in [0.05, 0.1) is 10.6 Å². The molecule has 1 heterocycles. The van der Waals surface area contributed by atoms with Gasteiger partial charge in [0.2, 0.25) is 0 Å². The minimum absolute atomic E-state index is 0.127. The van der Waals surface area contributed by atoms with Gasteiger partial charge in [0.15, 0.2) is 5.75 Å². The van der Waals surface area contributed by atoms with Crippen molar-refractivity contribution in [3.8, 4) is 11.5 Å². The number of imide groups is 2. The van der Waals surface area contributed by atoms with Gasteiger partial charge in [-0.2, -0.15) is 0 Å². The third-order valence-corrected chi connectivity index (χ3v) is 4.95. The van der Waals surface area contributed by atoms with Gasteiger partial charge in [-0.25, -0.2) is 9.69 Å². The van der Waals surface area contributed by atoms with Gasteiger partial charge in [0.25, 0.3) is 11.8 Å². The van der Waals surface area contributed by atoms with Gasteiger partial charge in [0.1, 0.15) is 17.9 Å². The average molecular weight is 459 g/mol. The van der Waals surface area contributed by atoms with E-state index in [0.29, 0.717) is 12.4 Å². The van der Waals surface area contributed by atoms with E-state index in [1.807, 2.05) is 30.3 Å². The van der Waals surface area contributed by atoms with E-state index < -0.39 is 39.8 Å². The third kappa shape index (κ3) is 4.60. The maximum Gasteiger partial charge on any atom is 0.335 e. The quantitative estimate of drug-likeness (QED) is 0.249. The minimum Gasteiger partial charge on any atom is -0.502 e. The number of nitrogens with one attached hydrogen (secondary N) is 1. The van der Waals surface area contributed by atoms with Crippen molar-refractivity contribution in [2.75, 3.05) is 4.90 Å².